The zero-order valence-electron chi connectivity index (χ0n) is 13.3. The van der Waals surface area contributed by atoms with Crippen LogP contribution < -0.4 is 0 Å². The number of carbonyl (C=O) groups is 1. The first-order valence-electron chi connectivity index (χ1n) is 7.84. The van der Waals surface area contributed by atoms with E-state index >= 15 is 4.39 Å². The van der Waals surface area contributed by atoms with Gasteiger partial charge in [0.1, 0.15) is 0 Å². The van der Waals surface area contributed by atoms with Crippen LogP contribution in [0.2, 0.25) is 0 Å². The van der Waals surface area contributed by atoms with Crippen LogP contribution in [0, 0.1) is 5.92 Å². The average Bonchev–Trinajstić information content (AvgIpc) is 3.15. The minimum atomic E-state index is -1.73. The van der Waals surface area contributed by atoms with Crippen LogP contribution in [0.1, 0.15) is 32.5 Å². The third kappa shape index (κ3) is 3.25. The van der Waals surface area contributed by atoms with Crippen LogP contribution in [0.25, 0.3) is 11.5 Å². The number of likely N-dealkylation sites (tertiary alicyclic amines) is 1. The van der Waals surface area contributed by atoms with E-state index in [1.54, 1.807) is 4.90 Å². The number of aromatic nitrogens is 2. The molecule has 122 valence electrons. The summed E-state index contributed by atoms with van der Waals surface area (Å²) in [5, 5.41) is 3.80. The van der Waals surface area contributed by atoms with Crippen molar-refractivity contribution in [2.45, 2.75) is 32.4 Å². The van der Waals surface area contributed by atoms with Crippen LogP contribution >= 0.6 is 0 Å². The van der Waals surface area contributed by atoms with E-state index in [0.29, 0.717) is 18.9 Å². The molecule has 2 heterocycles. The van der Waals surface area contributed by atoms with Gasteiger partial charge in [0.15, 0.2) is 5.67 Å². The van der Waals surface area contributed by atoms with E-state index in [4.69, 9.17) is 4.52 Å². The molecule has 1 aromatic heterocycles. The van der Waals surface area contributed by atoms with Crippen molar-refractivity contribution in [3.05, 3.63) is 36.2 Å². The van der Waals surface area contributed by atoms with Gasteiger partial charge in [-0.3, -0.25) is 4.79 Å². The second-order valence-electron chi connectivity index (χ2n) is 6.42. The van der Waals surface area contributed by atoms with E-state index in [0.717, 1.165) is 5.56 Å². The van der Waals surface area contributed by atoms with Crippen LogP contribution in [0.5, 0.6) is 0 Å². The molecule has 1 fully saturated rings. The molecular weight excluding hydrogens is 297 g/mol. The minimum absolute atomic E-state index is 0.00762. The second kappa shape index (κ2) is 6.10. The summed E-state index contributed by atoms with van der Waals surface area (Å²) in [4.78, 5) is 17.8. The normalized spacial score (nSPS) is 21.1. The molecule has 0 spiro atoms. The molecule has 1 unspecified atom stereocenters. The second-order valence-corrected chi connectivity index (χ2v) is 6.42. The molecule has 6 heteroatoms. The summed E-state index contributed by atoms with van der Waals surface area (Å²) in [6.07, 6.45) is 0.627. The molecule has 0 bridgehead atoms. The highest BCUT2D eigenvalue weighted by molar-refractivity contribution is 5.76. The molecule has 1 aromatic carbocycles. The first-order valence-corrected chi connectivity index (χ1v) is 7.84. The van der Waals surface area contributed by atoms with Crippen LogP contribution in [-0.2, 0) is 10.5 Å². The molecule has 0 aliphatic carbocycles. The highest BCUT2D eigenvalue weighted by atomic mass is 19.1. The maximum absolute atomic E-state index is 15.1. The van der Waals surface area contributed by atoms with Crippen molar-refractivity contribution < 1.29 is 13.7 Å². The standard InChI is InChI=1S/C17H20FN3O2/c1-12(2)10-14(22)21-9-8-17(18,11-21)16-19-15(23-20-16)13-6-4-3-5-7-13/h3-7,12H,8-11H2,1-2H3. The van der Waals surface area contributed by atoms with E-state index in [1.165, 1.54) is 0 Å². The highest BCUT2D eigenvalue weighted by Gasteiger charge is 2.45. The number of nitrogens with zero attached hydrogens (tertiary/aromatic N) is 3. The lowest BCUT2D eigenvalue weighted by Gasteiger charge is -2.19. The lowest BCUT2D eigenvalue weighted by molar-refractivity contribution is -0.131. The predicted octanol–water partition coefficient (Wildman–Crippen LogP) is 3.18. The smallest absolute Gasteiger partial charge is 0.258 e. The quantitative estimate of drug-likeness (QED) is 0.869. The van der Waals surface area contributed by atoms with Crippen molar-refractivity contribution in [3.8, 4) is 11.5 Å². The SMILES string of the molecule is CC(C)CC(=O)N1CCC(F)(c2noc(-c3ccccc3)n2)C1. The Morgan fingerprint density at radius 1 is 1.39 bits per heavy atom. The Morgan fingerprint density at radius 3 is 2.83 bits per heavy atom. The van der Waals surface area contributed by atoms with Crippen LogP contribution in [0.3, 0.4) is 0 Å². The Bertz CT molecular complexity index is 686. The molecule has 23 heavy (non-hydrogen) atoms. The maximum atomic E-state index is 15.1. The molecule has 1 amide bonds. The topological polar surface area (TPSA) is 59.2 Å². The average molecular weight is 317 g/mol. The molecule has 3 rings (SSSR count). The van der Waals surface area contributed by atoms with Gasteiger partial charge in [-0.25, -0.2) is 4.39 Å². The third-order valence-electron chi connectivity index (χ3n) is 4.00. The van der Waals surface area contributed by atoms with Crippen molar-refractivity contribution in [2.75, 3.05) is 13.1 Å². The fraction of sp³-hybridized carbons (Fsp3) is 0.471. The Morgan fingerprint density at radius 2 is 2.13 bits per heavy atom. The summed E-state index contributed by atoms with van der Waals surface area (Å²) in [7, 11) is 0. The van der Waals surface area contributed by atoms with E-state index in [9.17, 15) is 4.79 Å². The van der Waals surface area contributed by atoms with E-state index in [-0.39, 0.29) is 30.6 Å². The Balaban J connectivity index is 1.75. The minimum Gasteiger partial charge on any atom is -0.339 e. The van der Waals surface area contributed by atoms with Crippen molar-refractivity contribution in [3.63, 3.8) is 0 Å². The van der Waals surface area contributed by atoms with Gasteiger partial charge in [0.25, 0.3) is 5.89 Å². The molecule has 1 aliphatic heterocycles. The number of amides is 1. The van der Waals surface area contributed by atoms with Crippen LogP contribution in [0.15, 0.2) is 34.9 Å². The lowest BCUT2D eigenvalue weighted by Crippen LogP contribution is -2.33. The maximum Gasteiger partial charge on any atom is 0.258 e. The molecule has 0 saturated carbocycles. The van der Waals surface area contributed by atoms with Gasteiger partial charge in [0.2, 0.25) is 11.7 Å². The van der Waals surface area contributed by atoms with Gasteiger partial charge in [0.05, 0.1) is 6.54 Å². The molecule has 5 nitrogen and oxygen atoms in total. The number of halogens is 1. The van der Waals surface area contributed by atoms with Crippen LogP contribution in [0.4, 0.5) is 4.39 Å². The first kappa shape index (κ1) is 15.6. The number of rotatable bonds is 4. The van der Waals surface area contributed by atoms with Gasteiger partial charge in [0, 0.05) is 24.9 Å². The molecule has 2 aromatic rings. The number of hydrogen-bond acceptors (Lipinski definition) is 4. The fourth-order valence-corrected chi connectivity index (χ4v) is 2.75. The van der Waals surface area contributed by atoms with Crippen molar-refractivity contribution >= 4 is 5.91 Å². The molecule has 1 atom stereocenters. The van der Waals surface area contributed by atoms with E-state index < -0.39 is 5.67 Å². The van der Waals surface area contributed by atoms with E-state index in [2.05, 4.69) is 10.1 Å². The summed E-state index contributed by atoms with van der Waals surface area (Å²) in [5.74, 6) is 0.555. The number of alkyl halides is 1. The highest BCUT2D eigenvalue weighted by Crippen LogP contribution is 2.35. The van der Waals surface area contributed by atoms with E-state index in [1.807, 2.05) is 44.2 Å². The predicted molar refractivity (Wildman–Crippen MR) is 83.2 cm³/mol. The molecule has 1 aliphatic rings. The summed E-state index contributed by atoms with van der Waals surface area (Å²) < 4.78 is 20.3. The third-order valence-corrected chi connectivity index (χ3v) is 4.00. The van der Waals surface area contributed by atoms with Gasteiger partial charge in [-0.05, 0) is 18.1 Å². The summed E-state index contributed by atoms with van der Waals surface area (Å²) in [5.41, 5.74) is -0.982. The Labute approximate surface area is 134 Å². The van der Waals surface area contributed by atoms with Crippen molar-refractivity contribution in [1.82, 2.24) is 15.0 Å². The van der Waals surface area contributed by atoms with Crippen molar-refractivity contribution in [2.24, 2.45) is 5.92 Å². The molecule has 0 N–H and O–H groups in total. The number of hydrogen-bond donors (Lipinski definition) is 0. The van der Waals surface area contributed by atoms with Gasteiger partial charge >= 0.3 is 0 Å². The zero-order chi connectivity index (χ0) is 16.4. The van der Waals surface area contributed by atoms with Gasteiger partial charge in [-0.2, -0.15) is 4.98 Å². The lowest BCUT2D eigenvalue weighted by atomic mass is 10.1. The summed E-state index contributed by atoms with van der Waals surface area (Å²) in [6.45, 7) is 4.33. The summed E-state index contributed by atoms with van der Waals surface area (Å²) >= 11 is 0. The largest absolute Gasteiger partial charge is 0.339 e. The van der Waals surface area contributed by atoms with Crippen LogP contribution in [-0.4, -0.2) is 34.0 Å². The molecular formula is C17H20FN3O2. The fourth-order valence-electron chi connectivity index (χ4n) is 2.75. The van der Waals surface area contributed by atoms with Gasteiger partial charge < -0.3 is 9.42 Å². The number of carbonyl (C=O) groups excluding carboxylic acids is 1. The van der Waals surface area contributed by atoms with Gasteiger partial charge in [-0.1, -0.05) is 37.2 Å². The Kier molecular flexibility index (Phi) is 4.15. The Hall–Kier alpha value is -2.24. The molecule has 0 radical (unpaired) electrons. The summed E-state index contributed by atoms with van der Waals surface area (Å²) in [6, 6.07) is 9.25. The zero-order valence-corrected chi connectivity index (χ0v) is 13.3. The monoisotopic (exact) mass is 317 g/mol. The number of benzene rings is 1. The molecule has 1 saturated heterocycles. The first-order chi connectivity index (χ1) is 11.0. The van der Waals surface area contributed by atoms with Crippen molar-refractivity contribution in [1.29, 1.82) is 0 Å². The van der Waals surface area contributed by atoms with Gasteiger partial charge in [-0.15, -0.1) is 0 Å².